The van der Waals surface area contributed by atoms with Crippen LogP contribution in [0.4, 0.5) is 13.2 Å². The molecule has 0 aromatic carbocycles. The molecule has 5 heteroatoms. The number of likely N-dealkylation sites (tertiary alicyclic amines) is 1. The first kappa shape index (κ1) is 15.8. The van der Waals surface area contributed by atoms with Crippen LogP contribution in [0.3, 0.4) is 0 Å². The summed E-state index contributed by atoms with van der Waals surface area (Å²) >= 11 is 0. The van der Waals surface area contributed by atoms with Crippen LogP contribution in [-0.4, -0.2) is 37.0 Å². The number of aldehydes is 1. The highest BCUT2D eigenvalue weighted by atomic mass is 19.4. The van der Waals surface area contributed by atoms with E-state index in [0.29, 0.717) is 25.4 Å². The highest BCUT2D eigenvalue weighted by Crippen LogP contribution is 2.40. The Hall–Kier alpha value is -0.580. The zero-order valence-electron chi connectivity index (χ0n) is 12.1. The van der Waals surface area contributed by atoms with Gasteiger partial charge in [0.15, 0.2) is 0 Å². The van der Waals surface area contributed by atoms with E-state index in [4.69, 9.17) is 0 Å². The topological polar surface area (TPSA) is 20.3 Å². The average Bonchev–Trinajstić information content (AvgIpc) is 2.41. The van der Waals surface area contributed by atoms with E-state index < -0.39 is 17.5 Å². The van der Waals surface area contributed by atoms with Crippen molar-refractivity contribution in [3.05, 3.63) is 0 Å². The van der Waals surface area contributed by atoms with Crippen molar-refractivity contribution in [1.82, 2.24) is 4.90 Å². The molecule has 0 aromatic heterocycles. The lowest BCUT2D eigenvalue weighted by molar-refractivity contribution is -0.188. The van der Waals surface area contributed by atoms with Crippen LogP contribution < -0.4 is 0 Å². The molecule has 116 valence electrons. The summed E-state index contributed by atoms with van der Waals surface area (Å²) < 4.78 is 38.5. The maximum absolute atomic E-state index is 12.8. The molecular weight excluding hydrogens is 267 g/mol. The third-order valence-electron chi connectivity index (χ3n) is 5.03. The summed E-state index contributed by atoms with van der Waals surface area (Å²) in [4.78, 5) is 13.4. The van der Waals surface area contributed by atoms with Crippen molar-refractivity contribution < 1.29 is 18.0 Å². The van der Waals surface area contributed by atoms with Crippen molar-refractivity contribution in [2.75, 3.05) is 19.6 Å². The number of piperidine rings is 1. The van der Waals surface area contributed by atoms with Crippen LogP contribution in [-0.2, 0) is 4.79 Å². The molecule has 1 saturated carbocycles. The van der Waals surface area contributed by atoms with E-state index in [1.807, 2.05) is 4.90 Å². The van der Waals surface area contributed by atoms with Crippen LogP contribution in [0.15, 0.2) is 0 Å². The van der Waals surface area contributed by atoms with Gasteiger partial charge >= 0.3 is 6.18 Å². The van der Waals surface area contributed by atoms with Gasteiger partial charge in [-0.15, -0.1) is 0 Å². The lowest BCUT2D eigenvalue weighted by Gasteiger charge is -2.42. The Kier molecular flexibility index (Phi) is 4.77. The fourth-order valence-corrected chi connectivity index (χ4v) is 3.56. The number of carbonyl (C=O) groups excluding carboxylic acids is 1. The molecule has 0 aromatic rings. The highest BCUT2D eigenvalue weighted by molar-refractivity contribution is 5.60. The van der Waals surface area contributed by atoms with E-state index >= 15 is 0 Å². The molecule has 0 bridgehead atoms. The van der Waals surface area contributed by atoms with Gasteiger partial charge in [-0.1, -0.05) is 6.92 Å². The van der Waals surface area contributed by atoms with Crippen LogP contribution >= 0.6 is 0 Å². The van der Waals surface area contributed by atoms with Gasteiger partial charge in [0.25, 0.3) is 0 Å². The van der Waals surface area contributed by atoms with Crippen molar-refractivity contribution in [1.29, 1.82) is 0 Å². The summed E-state index contributed by atoms with van der Waals surface area (Å²) in [7, 11) is 0. The van der Waals surface area contributed by atoms with Crippen molar-refractivity contribution in [2.45, 2.75) is 51.6 Å². The summed E-state index contributed by atoms with van der Waals surface area (Å²) in [5.74, 6) is -0.588. The van der Waals surface area contributed by atoms with E-state index in [1.165, 1.54) is 0 Å². The van der Waals surface area contributed by atoms with Gasteiger partial charge in [-0.25, -0.2) is 0 Å². The third-order valence-corrected chi connectivity index (χ3v) is 5.03. The van der Waals surface area contributed by atoms with Crippen LogP contribution in [0, 0.1) is 17.3 Å². The van der Waals surface area contributed by atoms with Gasteiger partial charge in [-0.3, -0.25) is 0 Å². The number of nitrogens with zero attached hydrogens (tertiary/aromatic N) is 1. The molecule has 1 atom stereocenters. The second kappa shape index (κ2) is 6.04. The van der Waals surface area contributed by atoms with E-state index in [1.54, 1.807) is 0 Å². The third kappa shape index (κ3) is 3.74. The predicted octanol–water partition coefficient (Wildman–Crippen LogP) is 3.66. The second-order valence-electron chi connectivity index (χ2n) is 6.78. The Balaban J connectivity index is 1.96. The molecule has 0 radical (unpaired) electrons. The molecular formula is C15H24F3NO. The lowest BCUT2D eigenvalue weighted by atomic mass is 9.71. The molecule has 1 aliphatic carbocycles. The molecule has 2 fully saturated rings. The molecule has 20 heavy (non-hydrogen) atoms. The van der Waals surface area contributed by atoms with Gasteiger partial charge in [0.05, 0.1) is 5.92 Å². The molecule has 1 unspecified atom stereocenters. The van der Waals surface area contributed by atoms with Crippen molar-refractivity contribution >= 4 is 6.29 Å². The Labute approximate surface area is 118 Å². The number of rotatable bonds is 3. The Morgan fingerprint density at radius 1 is 1.25 bits per heavy atom. The zero-order chi connectivity index (χ0) is 14.8. The zero-order valence-corrected chi connectivity index (χ0v) is 12.1. The minimum Gasteiger partial charge on any atom is -0.303 e. The fraction of sp³-hybridized carbons (Fsp3) is 0.933. The SMILES string of the molecule is CC1CCC(C=O)(CN2CCCC(C(F)(F)F)C2)CC1. The second-order valence-corrected chi connectivity index (χ2v) is 6.78. The van der Waals surface area contributed by atoms with Crippen LogP contribution in [0.5, 0.6) is 0 Å². The van der Waals surface area contributed by atoms with Gasteiger partial charge in [0, 0.05) is 18.5 Å². The van der Waals surface area contributed by atoms with Crippen LogP contribution in [0.2, 0.25) is 0 Å². The highest BCUT2D eigenvalue weighted by Gasteiger charge is 2.43. The van der Waals surface area contributed by atoms with E-state index in [-0.39, 0.29) is 13.0 Å². The Morgan fingerprint density at radius 3 is 2.45 bits per heavy atom. The number of carbonyl (C=O) groups is 1. The fourth-order valence-electron chi connectivity index (χ4n) is 3.56. The predicted molar refractivity (Wildman–Crippen MR) is 71.3 cm³/mol. The molecule has 2 rings (SSSR count). The van der Waals surface area contributed by atoms with Crippen molar-refractivity contribution in [3.63, 3.8) is 0 Å². The summed E-state index contributed by atoms with van der Waals surface area (Å²) in [5.41, 5.74) is -0.403. The molecule has 1 heterocycles. The lowest BCUT2D eigenvalue weighted by Crippen LogP contribution is -2.47. The number of hydrogen-bond acceptors (Lipinski definition) is 2. The summed E-state index contributed by atoms with van der Waals surface area (Å²) in [6, 6.07) is 0. The molecule has 2 aliphatic rings. The summed E-state index contributed by atoms with van der Waals surface area (Å²) in [6.07, 6.45) is 1.38. The van der Waals surface area contributed by atoms with Gasteiger partial charge in [0.2, 0.25) is 0 Å². The normalized spacial score (nSPS) is 36.8. The largest absolute Gasteiger partial charge is 0.393 e. The molecule has 2 nitrogen and oxygen atoms in total. The minimum atomic E-state index is -4.10. The van der Waals surface area contributed by atoms with Gasteiger partial charge in [0.1, 0.15) is 6.29 Å². The van der Waals surface area contributed by atoms with Gasteiger partial charge < -0.3 is 9.69 Å². The Morgan fingerprint density at radius 2 is 1.90 bits per heavy atom. The average molecular weight is 291 g/mol. The minimum absolute atomic E-state index is 0.0641. The number of alkyl halides is 3. The Bertz CT molecular complexity index is 335. The quantitative estimate of drug-likeness (QED) is 0.740. The molecule has 1 saturated heterocycles. The van der Waals surface area contributed by atoms with Gasteiger partial charge in [-0.2, -0.15) is 13.2 Å². The summed E-state index contributed by atoms with van der Waals surface area (Å²) in [6.45, 7) is 3.44. The molecule has 1 aliphatic heterocycles. The van der Waals surface area contributed by atoms with Gasteiger partial charge in [-0.05, 0) is 51.0 Å². The van der Waals surface area contributed by atoms with E-state index in [9.17, 15) is 18.0 Å². The van der Waals surface area contributed by atoms with Crippen LogP contribution in [0.25, 0.3) is 0 Å². The van der Waals surface area contributed by atoms with Crippen molar-refractivity contribution in [3.8, 4) is 0 Å². The first-order chi connectivity index (χ1) is 9.35. The summed E-state index contributed by atoms with van der Waals surface area (Å²) in [5, 5.41) is 0. The van der Waals surface area contributed by atoms with Crippen LogP contribution in [0.1, 0.15) is 45.4 Å². The maximum atomic E-state index is 12.8. The molecule has 0 N–H and O–H groups in total. The van der Waals surface area contributed by atoms with E-state index in [2.05, 4.69) is 6.92 Å². The first-order valence-electron chi connectivity index (χ1n) is 7.60. The number of halogens is 3. The van der Waals surface area contributed by atoms with E-state index in [0.717, 1.165) is 32.0 Å². The van der Waals surface area contributed by atoms with Crippen molar-refractivity contribution in [2.24, 2.45) is 17.3 Å². The number of hydrogen-bond donors (Lipinski definition) is 0. The molecule has 0 amide bonds. The monoisotopic (exact) mass is 291 g/mol. The standard InChI is InChI=1S/C15H24F3NO/c1-12-4-6-14(11-20,7-5-12)10-19-8-2-3-13(9-19)15(16,17)18/h11-13H,2-10H2,1H3. The smallest absolute Gasteiger partial charge is 0.303 e. The molecule has 0 spiro atoms. The maximum Gasteiger partial charge on any atom is 0.393 e. The first-order valence-corrected chi connectivity index (χ1v) is 7.60.